The smallest absolute Gasteiger partial charge is 0.0195 e. The normalized spacial score (nSPS) is 19.8. The third kappa shape index (κ3) is 8.10. The zero-order valence-corrected chi connectivity index (χ0v) is 12.7. The van der Waals surface area contributed by atoms with Crippen molar-refractivity contribution in [1.29, 1.82) is 0 Å². The maximum absolute atomic E-state index is 3.58. The minimum absolute atomic E-state index is 0.768. The van der Waals surface area contributed by atoms with E-state index in [-0.39, 0.29) is 0 Å². The number of nitrogens with zero attached hydrogens (tertiary/aromatic N) is 1. The van der Waals surface area contributed by atoms with E-state index in [0.717, 1.165) is 6.04 Å². The number of unbranched alkanes of at least 4 members (excludes halogenated alkanes) is 7. The first-order valence-electron chi connectivity index (χ1n) is 8.25. The second-order valence-electron chi connectivity index (χ2n) is 6.03. The molecule has 18 heavy (non-hydrogen) atoms. The Morgan fingerprint density at radius 3 is 2.28 bits per heavy atom. The van der Waals surface area contributed by atoms with Gasteiger partial charge in [-0.15, -0.1) is 0 Å². The van der Waals surface area contributed by atoms with Gasteiger partial charge in [-0.25, -0.2) is 0 Å². The Morgan fingerprint density at radius 2 is 1.67 bits per heavy atom. The molecule has 108 valence electrons. The summed E-state index contributed by atoms with van der Waals surface area (Å²) in [6, 6.07) is 0.768. The van der Waals surface area contributed by atoms with Crippen LogP contribution in [0.4, 0.5) is 0 Å². The van der Waals surface area contributed by atoms with Crippen molar-refractivity contribution in [3.05, 3.63) is 0 Å². The van der Waals surface area contributed by atoms with Gasteiger partial charge in [0.2, 0.25) is 0 Å². The van der Waals surface area contributed by atoms with Crippen LogP contribution in [0.5, 0.6) is 0 Å². The SMILES string of the molecule is CCCCCCCCCCN(C)CC1CCCN1. The van der Waals surface area contributed by atoms with Crippen LogP contribution in [0.15, 0.2) is 0 Å². The minimum atomic E-state index is 0.768. The molecule has 0 aromatic carbocycles. The van der Waals surface area contributed by atoms with Crippen LogP contribution < -0.4 is 5.32 Å². The highest BCUT2D eigenvalue weighted by Crippen LogP contribution is 2.10. The van der Waals surface area contributed by atoms with Crippen LogP contribution in [0, 0.1) is 0 Å². The van der Waals surface area contributed by atoms with Crippen LogP contribution in [-0.4, -0.2) is 37.6 Å². The van der Waals surface area contributed by atoms with E-state index in [1.807, 2.05) is 0 Å². The standard InChI is InChI=1S/C16H34N2/c1-3-4-5-6-7-8-9-10-14-18(2)15-16-12-11-13-17-16/h16-17H,3-15H2,1-2H3. The molecule has 1 atom stereocenters. The molecule has 2 nitrogen and oxygen atoms in total. The van der Waals surface area contributed by atoms with Gasteiger partial charge < -0.3 is 10.2 Å². The van der Waals surface area contributed by atoms with Gasteiger partial charge in [0.1, 0.15) is 0 Å². The molecule has 1 rings (SSSR count). The van der Waals surface area contributed by atoms with E-state index in [1.165, 1.54) is 83.8 Å². The first-order chi connectivity index (χ1) is 8.83. The molecule has 1 aliphatic rings. The molecule has 0 amide bonds. The predicted molar refractivity (Wildman–Crippen MR) is 81.1 cm³/mol. The number of hydrogen-bond donors (Lipinski definition) is 1. The van der Waals surface area contributed by atoms with Crippen molar-refractivity contribution in [3.8, 4) is 0 Å². The van der Waals surface area contributed by atoms with E-state index in [2.05, 4.69) is 24.2 Å². The molecular formula is C16H34N2. The lowest BCUT2D eigenvalue weighted by atomic mass is 10.1. The van der Waals surface area contributed by atoms with Gasteiger partial charge >= 0.3 is 0 Å². The van der Waals surface area contributed by atoms with Crippen molar-refractivity contribution in [2.75, 3.05) is 26.7 Å². The summed E-state index contributed by atoms with van der Waals surface area (Å²) in [4.78, 5) is 2.51. The van der Waals surface area contributed by atoms with Gasteiger partial charge in [0, 0.05) is 12.6 Å². The molecule has 1 unspecified atom stereocenters. The van der Waals surface area contributed by atoms with Crippen molar-refractivity contribution in [3.63, 3.8) is 0 Å². The summed E-state index contributed by atoms with van der Waals surface area (Å²) in [7, 11) is 2.28. The summed E-state index contributed by atoms with van der Waals surface area (Å²) in [5.74, 6) is 0. The maximum atomic E-state index is 3.58. The van der Waals surface area contributed by atoms with Gasteiger partial charge in [-0.05, 0) is 39.4 Å². The zero-order chi connectivity index (χ0) is 13.1. The average molecular weight is 254 g/mol. The van der Waals surface area contributed by atoms with Crippen molar-refractivity contribution >= 4 is 0 Å². The fraction of sp³-hybridized carbons (Fsp3) is 1.00. The lowest BCUT2D eigenvalue weighted by Crippen LogP contribution is -2.35. The van der Waals surface area contributed by atoms with E-state index < -0.39 is 0 Å². The van der Waals surface area contributed by atoms with Gasteiger partial charge in [-0.3, -0.25) is 0 Å². The van der Waals surface area contributed by atoms with Gasteiger partial charge in [0.05, 0.1) is 0 Å². The molecule has 1 fully saturated rings. The third-order valence-corrected chi connectivity index (χ3v) is 4.09. The molecule has 0 aliphatic carbocycles. The first-order valence-corrected chi connectivity index (χ1v) is 8.25. The van der Waals surface area contributed by atoms with Crippen LogP contribution in [0.1, 0.15) is 71.1 Å². The van der Waals surface area contributed by atoms with Crippen LogP contribution in [0.2, 0.25) is 0 Å². The van der Waals surface area contributed by atoms with Crippen molar-refractivity contribution in [2.45, 2.75) is 77.2 Å². The van der Waals surface area contributed by atoms with Gasteiger partial charge in [0.15, 0.2) is 0 Å². The molecule has 0 aromatic rings. The number of nitrogens with one attached hydrogen (secondary N) is 1. The summed E-state index contributed by atoms with van der Waals surface area (Å²) in [6.45, 7) is 6.05. The lowest BCUT2D eigenvalue weighted by molar-refractivity contribution is 0.293. The Morgan fingerprint density at radius 1 is 1.00 bits per heavy atom. The molecule has 1 aliphatic heterocycles. The van der Waals surface area contributed by atoms with Crippen molar-refractivity contribution in [2.24, 2.45) is 0 Å². The Kier molecular flexibility index (Phi) is 9.59. The fourth-order valence-electron chi connectivity index (χ4n) is 2.90. The second kappa shape index (κ2) is 10.8. The quantitative estimate of drug-likeness (QED) is 0.564. The molecule has 0 bridgehead atoms. The van der Waals surface area contributed by atoms with Crippen molar-refractivity contribution < 1.29 is 0 Å². The second-order valence-corrected chi connectivity index (χ2v) is 6.03. The first kappa shape index (κ1) is 16.0. The minimum Gasteiger partial charge on any atom is -0.313 e. The highest BCUT2D eigenvalue weighted by Gasteiger charge is 2.15. The molecule has 0 saturated carbocycles. The third-order valence-electron chi connectivity index (χ3n) is 4.09. The molecule has 1 heterocycles. The van der Waals surface area contributed by atoms with Gasteiger partial charge in [-0.1, -0.05) is 51.9 Å². The average Bonchev–Trinajstić information content (AvgIpc) is 2.85. The highest BCUT2D eigenvalue weighted by atomic mass is 15.1. The van der Waals surface area contributed by atoms with E-state index in [0.29, 0.717) is 0 Å². The van der Waals surface area contributed by atoms with E-state index in [9.17, 15) is 0 Å². The van der Waals surface area contributed by atoms with Crippen LogP contribution >= 0.6 is 0 Å². The molecule has 0 aromatic heterocycles. The summed E-state index contributed by atoms with van der Waals surface area (Å²) in [6.07, 6.45) is 14.1. The highest BCUT2D eigenvalue weighted by molar-refractivity contribution is 4.76. The van der Waals surface area contributed by atoms with Crippen LogP contribution in [0.3, 0.4) is 0 Å². The van der Waals surface area contributed by atoms with E-state index in [4.69, 9.17) is 0 Å². The summed E-state index contributed by atoms with van der Waals surface area (Å²) < 4.78 is 0. The summed E-state index contributed by atoms with van der Waals surface area (Å²) in [5, 5.41) is 3.58. The Balaban J connectivity index is 1.81. The molecule has 1 saturated heterocycles. The predicted octanol–water partition coefficient (Wildman–Crippen LogP) is 3.81. The van der Waals surface area contributed by atoms with Gasteiger partial charge in [0.25, 0.3) is 0 Å². The summed E-state index contributed by atoms with van der Waals surface area (Å²) in [5.41, 5.74) is 0. The molecule has 0 spiro atoms. The van der Waals surface area contributed by atoms with Crippen LogP contribution in [0.25, 0.3) is 0 Å². The monoisotopic (exact) mass is 254 g/mol. The van der Waals surface area contributed by atoms with Crippen molar-refractivity contribution in [1.82, 2.24) is 10.2 Å². The van der Waals surface area contributed by atoms with E-state index in [1.54, 1.807) is 0 Å². The molecule has 0 radical (unpaired) electrons. The molecule has 2 heteroatoms. The fourth-order valence-corrected chi connectivity index (χ4v) is 2.90. The Hall–Kier alpha value is -0.0800. The number of hydrogen-bond acceptors (Lipinski definition) is 2. The Labute approximate surface area is 115 Å². The lowest BCUT2D eigenvalue weighted by Gasteiger charge is -2.20. The molecule has 1 N–H and O–H groups in total. The van der Waals surface area contributed by atoms with E-state index >= 15 is 0 Å². The van der Waals surface area contributed by atoms with Gasteiger partial charge in [-0.2, -0.15) is 0 Å². The number of rotatable bonds is 11. The largest absolute Gasteiger partial charge is 0.313 e. The van der Waals surface area contributed by atoms with Crippen LogP contribution in [-0.2, 0) is 0 Å². The summed E-state index contributed by atoms with van der Waals surface area (Å²) >= 11 is 0. The Bertz CT molecular complexity index is 176. The molecular weight excluding hydrogens is 220 g/mol. The maximum Gasteiger partial charge on any atom is 0.0195 e. The number of likely N-dealkylation sites (N-methyl/N-ethyl adjacent to an activating group) is 1. The zero-order valence-electron chi connectivity index (χ0n) is 12.7. The topological polar surface area (TPSA) is 15.3 Å².